The Balaban J connectivity index is 2.28. The van der Waals surface area contributed by atoms with Gasteiger partial charge in [0.1, 0.15) is 0 Å². The number of aliphatic carboxylic acids is 1. The minimum atomic E-state index is -0.870. The third kappa shape index (κ3) is 1.53. The van der Waals surface area contributed by atoms with E-state index >= 15 is 0 Å². The molecule has 0 amide bonds. The van der Waals surface area contributed by atoms with Crippen LogP contribution in [0.1, 0.15) is 12.8 Å². The summed E-state index contributed by atoms with van der Waals surface area (Å²) in [6.07, 6.45) is 7.65. The van der Waals surface area contributed by atoms with Gasteiger partial charge in [0.2, 0.25) is 0 Å². The van der Waals surface area contributed by atoms with Crippen molar-refractivity contribution in [2.24, 2.45) is 5.92 Å². The number of carbonyl (C=O) groups is 2. The third-order valence-corrected chi connectivity index (χ3v) is 2.58. The summed E-state index contributed by atoms with van der Waals surface area (Å²) in [7, 11) is 0. The summed E-state index contributed by atoms with van der Waals surface area (Å²) in [6, 6.07) is 0. The number of ketones is 1. The van der Waals surface area contributed by atoms with Crippen molar-refractivity contribution < 1.29 is 14.7 Å². The van der Waals surface area contributed by atoms with Gasteiger partial charge in [-0.05, 0) is 12.5 Å². The number of carbonyl (C=O) groups excluding carboxylic acids is 1. The van der Waals surface area contributed by atoms with Crippen LogP contribution in [0.3, 0.4) is 0 Å². The summed E-state index contributed by atoms with van der Waals surface area (Å²) in [6.45, 7) is 0. The molecule has 0 saturated heterocycles. The highest BCUT2D eigenvalue weighted by Gasteiger charge is 2.24. The van der Waals surface area contributed by atoms with Gasteiger partial charge < -0.3 is 5.11 Å². The van der Waals surface area contributed by atoms with Crippen molar-refractivity contribution in [1.82, 2.24) is 0 Å². The Morgan fingerprint density at radius 3 is 2.93 bits per heavy atom. The van der Waals surface area contributed by atoms with Crippen LogP contribution in [0, 0.1) is 5.92 Å². The molecule has 14 heavy (non-hydrogen) atoms. The summed E-state index contributed by atoms with van der Waals surface area (Å²) >= 11 is 0. The maximum Gasteiger partial charge on any atom is 0.331 e. The Kier molecular flexibility index (Phi) is 2.08. The topological polar surface area (TPSA) is 54.4 Å². The molecule has 1 atom stereocenters. The Labute approximate surface area is 81.4 Å². The molecular weight excluding hydrogens is 180 g/mol. The lowest BCUT2D eigenvalue weighted by Crippen LogP contribution is -2.17. The van der Waals surface area contributed by atoms with E-state index in [0.717, 1.165) is 5.57 Å². The van der Waals surface area contributed by atoms with E-state index in [1.807, 2.05) is 0 Å². The minimum absolute atomic E-state index is 0.0969. The van der Waals surface area contributed by atoms with Gasteiger partial charge in [0, 0.05) is 17.9 Å². The molecule has 1 N–H and O–H groups in total. The van der Waals surface area contributed by atoms with E-state index in [-0.39, 0.29) is 11.7 Å². The van der Waals surface area contributed by atoms with E-state index in [4.69, 9.17) is 5.11 Å². The monoisotopic (exact) mass is 190 g/mol. The molecule has 0 spiro atoms. The molecule has 2 aliphatic carbocycles. The van der Waals surface area contributed by atoms with Crippen LogP contribution in [0.4, 0.5) is 0 Å². The molecular formula is C11H10O3. The largest absolute Gasteiger partial charge is 0.478 e. The van der Waals surface area contributed by atoms with Crippen molar-refractivity contribution in [2.75, 3.05) is 0 Å². The van der Waals surface area contributed by atoms with Crippen LogP contribution in [0.5, 0.6) is 0 Å². The quantitative estimate of drug-likeness (QED) is 0.681. The first-order valence-electron chi connectivity index (χ1n) is 4.51. The van der Waals surface area contributed by atoms with E-state index in [1.54, 1.807) is 24.3 Å². The normalized spacial score (nSPS) is 25.1. The molecule has 0 aromatic rings. The lowest BCUT2D eigenvalue weighted by Gasteiger charge is -2.22. The summed E-state index contributed by atoms with van der Waals surface area (Å²) in [4.78, 5) is 21.8. The van der Waals surface area contributed by atoms with Gasteiger partial charge in [-0.1, -0.05) is 23.8 Å². The smallest absolute Gasteiger partial charge is 0.331 e. The predicted octanol–water partition coefficient (Wildman–Crippen LogP) is 1.47. The molecule has 0 fully saturated rings. The Morgan fingerprint density at radius 1 is 1.43 bits per heavy atom. The van der Waals surface area contributed by atoms with E-state index in [2.05, 4.69) is 0 Å². The summed E-state index contributed by atoms with van der Waals surface area (Å²) < 4.78 is 0. The van der Waals surface area contributed by atoms with Crippen LogP contribution < -0.4 is 0 Å². The molecule has 3 heteroatoms. The van der Waals surface area contributed by atoms with Crippen LogP contribution in [-0.2, 0) is 9.59 Å². The van der Waals surface area contributed by atoms with Gasteiger partial charge in [-0.25, -0.2) is 4.79 Å². The first-order valence-corrected chi connectivity index (χ1v) is 4.51. The molecule has 2 rings (SSSR count). The Hall–Kier alpha value is -1.64. The summed E-state index contributed by atoms with van der Waals surface area (Å²) in [5.74, 6) is -0.658. The van der Waals surface area contributed by atoms with Gasteiger partial charge in [-0.15, -0.1) is 0 Å². The average Bonchev–Trinajstić information content (AvgIpc) is 2.16. The van der Waals surface area contributed by atoms with Crippen molar-refractivity contribution >= 4 is 11.8 Å². The second-order valence-electron chi connectivity index (χ2n) is 3.55. The molecule has 2 aliphatic rings. The number of hydrogen-bond donors (Lipinski definition) is 1. The maximum atomic E-state index is 11.1. The van der Waals surface area contributed by atoms with Crippen molar-refractivity contribution in [3.63, 3.8) is 0 Å². The highest BCUT2D eigenvalue weighted by Crippen LogP contribution is 2.31. The molecule has 72 valence electrons. The van der Waals surface area contributed by atoms with Gasteiger partial charge >= 0.3 is 5.97 Å². The molecule has 0 bridgehead atoms. The van der Waals surface area contributed by atoms with Crippen molar-refractivity contribution in [3.05, 3.63) is 35.5 Å². The highest BCUT2D eigenvalue weighted by molar-refractivity contribution is 5.94. The highest BCUT2D eigenvalue weighted by atomic mass is 16.4. The lowest BCUT2D eigenvalue weighted by molar-refractivity contribution is -0.132. The number of allylic oxidation sites excluding steroid dienone is 5. The van der Waals surface area contributed by atoms with Crippen molar-refractivity contribution in [1.29, 1.82) is 0 Å². The van der Waals surface area contributed by atoms with E-state index in [0.29, 0.717) is 18.4 Å². The zero-order valence-electron chi connectivity index (χ0n) is 7.56. The Bertz CT molecular complexity index is 385. The molecule has 0 aliphatic heterocycles. The molecule has 1 unspecified atom stereocenters. The predicted molar refractivity (Wildman–Crippen MR) is 50.7 cm³/mol. The zero-order chi connectivity index (χ0) is 10.1. The number of rotatable bonds is 1. The van der Waals surface area contributed by atoms with Gasteiger partial charge in [-0.2, -0.15) is 0 Å². The van der Waals surface area contributed by atoms with Gasteiger partial charge in [0.05, 0.1) is 0 Å². The number of hydrogen-bond acceptors (Lipinski definition) is 2. The number of carboxylic acids is 1. The zero-order valence-corrected chi connectivity index (χ0v) is 7.56. The Morgan fingerprint density at radius 2 is 2.21 bits per heavy atom. The van der Waals surface area contributed by atoms with Crippen LogP contribution in [-0.4, -0.2) is 16.9 Å². The average molecular weight is 190 g/mol. The molecule has 0 aromatic heterocycles. The molecule has 0 aromatic carbocycles. The third-order valence-electron chi connectivity index (χ3n) is 2.58. The second kappa shape index (κ2) is 3.25. The van der Waals surface area contributed by atoms with E-state index < -0.39 is 5.97 Å². The second-order valence-corrected chi connectivity index (χ2v) is 3.55. The fourth-order valence-corrected chi connectivity index (χ4v) is 1.79. The van der Waals surface area contributed by atoms with Crippen LogP contribution in [0.25, 0.3) is 0 Å². The number of carboxylic acid groups (broad SMARTS) is 1. The lowest BCUT2D eigenvalue weighted by atomic mass is 9.81. The van der Waals surface area contributed by atoms with Crippen LogP contribution in [0.15, 0.2) is 35.5 Å². The molecule has 3 nitrogen and oxygen atoms in total. The first-order chi connectivity index (χ1) is 6.66. The summed E-state index contributed by atoms with van der Waals surface area (Å²) in [5.41, 5.74) is 1.44. The molecule has 0 radical (unpaired) electrons. The first kappa shape index (κ1) is 8.94. The van der Waals surface area contributed by atoms with Gasteiger partial charge in [-0.3, -0.25) is 4.79 Å². The minimum Gasteiger partial charge on any atom is -0.478 e. The van der Waals surface area contributed by atoms with E-state index in [9.17, 15) is 9.59 Å². The molecule has 0 heterocycles. The standard InChI is InChI=1S/C11H10O3/c12-10-4-3-7-5-9(11(13)14)2-1-8(7)6-10/h1-4,7H,5-6H2,(H,13,14). The van der Waals surface area contributed by atoms with Crippen molar-refractivity contribution in [3.8, 4) is 0 Å². The fourth-order valence-electron chi connectivity index (χ4n) is 1.79. The summed E-state index contributed by atoms with van der Waals surface area (Å²) in [5, 5.41) is 8.79. The number of fused-ring (bicyclic) bond motifs is 1. The maximum absolute atomic E-state index is 11.1. The van der Waals surface area contributed by atoms with Crippen LogP contribution >= 0.6 is 0 Å². The fraction of sp³-hybridized carbons (Fsp3) is 0.273. The van der Waals surface area contributed by atoms with Crippen LogP contribution in [0.2, 0.25) is 0 Å². The van der Waals surface area contributed by atoms with Gasteiger partial charge in [0.25, 0.3) is 0 Å². The van der Waals surface area contributed by atoms with Gasteiger partial charge in [0.15, 0.2) is 5.78 Å². The van der Waals surface area contributed by atoms with E-state index in [1.165, 1.54) is 0 Å². The van der Waals surface area contributed by atoms with Crippen molar-refractivity contribution in [2.45, 2.75) is 12.8 Å². The SMILES string of the molecule is O=C1C=CC2CC(C(=O)O)=CC=C2C1. The molecule has 0 saturated carbocycles.